The van der Waals surface area contributed by atoms with Crippen molar-refractivity contribution >= 4 is 161 Å². The lowest BCUT2D eigenvalue weighted by Crippen LogP contribution is -2.17. The van der Waals surface area contributed by atoms with E-state index in [1.165, 1.54) is 44.5 Å². The quantitative estimate of drug-likeness (QED) is 0.128. The fraction of sp³-hybridized carbons (Fsp3) is 0.0588. The summed E-state index contributed by atoms with van der Waals surface area (Å²) in [6.07, 6.45) is 0. The van der Waals surface area contributed by atoms with Gasteiger partial charge in [-0.2, -0.15) is 0 Å². The number of aromatic nitrogens is 1. The van der Waals surface area contributed by atoms with Gasteiger partial charge in [0.2, 0.25) is 0 Å². The number of furan rings is 4. The molecule has 0 N–H and O–H groups in total. The van der Waals surface area contributed by atoms with Gasteiger partial charge in [0, 0.05) is 77.3 Å². The highest BCUT2D eigenvalue weighted by atomic mass is 16.3. The van der Waals surface area contributed by atoms with E-state index < -0.39 is 0 Å². The lowest BCUT2D eigenvalue weighted by Gasteiger charge is -2.29. The second-order valence-electron chi connectivity index (χ2n) is 30.6. The highest BCUT2D eigenvalue weighted by Gasteiger charge is 2.40. The minimum Gasteiger partial charge on any atom is -0.455 e. The van der Waals surface area contributed by atoms with Crippen LogP contribution in [0.4, 0.5) is 51.2 Å². The third-order valence-electron chi connectivity index (χ3n) is 23.9. The first-order valence-corrected chi connectivity index (χ1v) is 37.9. The van der Waals surface area contributed by atoms with Gasteiger partial charge in [-0.15, -0.1) is 0 Å². The number of benzene rings is 16. The van der Waals surface area contributed by atoms with Crippen molar-refractivity contribution in [3.05, 3.63) is 362 Å². The van der Waals surface area contributed by atoms with Gasteiger partial charge in [0.05, 0.1) is 55.3 Å². The fourth-order valence-electron chi connectivity index (χ4n) is 18.8. The first-order chi connectivity index (χ1) is 54.1. The first-order valence-electron chi connectivity index (χ1n) is 37.9. The minimum atomic E-state index is -0.313. The summed E-state index contributed by atoms with van der Waals surface area (Å²) in [7, 11) is 0. The molecule has 0 radical (unpaired) electrons. The smallest absolute Gasteiger partial charge is 0.159 e. The largest absolute Gasteiger partial charge is 0.455 e. The average molecular weight is 1410 g/mol. The second kappa shape index (κ2) is 23.2. The lowest BCUT2D eigenvalue weighted by molar-refractivity contribution is 0.660. The Morgan fingerprint density at radius 1 is 0.236 bits per heavy atom. The normalized spacial score (nSPS) is 13.4. The van der Waals surface area contributed by atoms with Crippen LogP contribution in [-0.4, -0.2) is 4.57 Å². The van der Waals surface area contributed by atoms with E-state index >= 15 is 0 Å². The molecular weight excluding hydrogens is 1350 g/mol. The van der Waals surface area contributed by atoms with Gasteiger partial charge in [-0.1, -0.05) is 246 Å². The molecule has 2 aliphatic carbocycles. The molecule has 0 saturated carbocycles. The van der Waals surface area contributed by atoms with Crippen molar-refractivity contribution in [2.45, 2.75) is 38.5 Å². The van der Waals surface area contributed by atoms with Crippen molar-refractivity contribution in [3.8, 4) is 39.1 Å². The maximum absolute atomic E-state index is 7.70. The van der Waals surface area contributed by atoms with E-state index in [9.17, 15) is 0 Å². The Bertz CT molecular complexity index is 7020. The van der Waals surface area contributed by atoms with E-state index in [-0.39, 0.29) is 10.8 Å². The molecule has 16 aromatic carbocycles. The Morgan fingerprint density at radius 2 is 0.582 bits per heavy atom. The van der Waals surface area contributed by atoms with Gasteiger partial charge in [0.1, 0.15) is 33.5 Å². The van der Waals surface area contributed by atoms with E-state index in [1.54, 1.807) is 0 Å². The molecule has 23 rings (SSSR count). The summed E-state index contributed by atoms with van der Waals surface area (Å²) >= 11 is 0. The van der Waals surface area contributed by atoms with Crippen molar-refractivity contribution in [2.75, 3.05) is 14.7 Å². The zero-order valence-electron chi connectivity index (χ0n) is 60.8. The minimum absolute atomic E-state index is 0.313. The van der Waals surface area contributed by atoms with Gasteiger partial charge in [-0.3, -0.25) is 0 Å². The van der Waals surface area contributed by atoms with Crippen molar-refractivity contribution in [1.29, 1.82) is 0 Å². The summed E-state index contributed by atoms with van der Waals surface area (Å²) in [5.41, 5.74) is 29.4. The Morgan fingerprint density at radius 3 is 1.04 bits per heavy atom. The lowest BCUT2D eigenvalue weighted by atomic mass is 9.82. The second-order valence-corrected chi connectivity index (χ2v) is 30.6. The zero-order chi connectivity index (χ0) is 72.8. The molecule has 520 valence electrons. The SMILES string of the molecule is CC1(C)c2ccccc2-c2ccc(N(c3cccc4c3oc3ccccc34)c3cc4c(c5oc6ccccc6c35)c3c5oc6ccccc6c5c(N(c5ccc6c(c5)C(C)(C)c5ccccc5-6)c5cccc6c5oc5ccccc56)cc3n4-c3ccc(-c4ccc(N(c5ccccc5)c5ccccc5)cc4)cc3)cc21. The topological polar surface area (TPSA) is 67.2 Å². The Balaban J connectivity index is 0.840. The van der Waals surface area contributed by atoms with Crippen molar-refractivity contribution in [3.63, 3.8) is 0 Å². The third kappa shape index (κ3) is 8.90. The van der Waals surface area contributed by atoms with E-state index in [4.69, 9.17) is 17.7 Å². The summed E-state index contributed by atoms with van der Waals surface area (Å²) in [5.74, 6) is 0. The maximum atomic E-state index is 7.70. The van der Waals surface area contributed by atoms with Gasteiger partial charge in [0.25, 0.3) is 0 Å². The number of hydrogen-bond donors (Lipinski definition) is 0. The molecule has 110 heavy (non-hydrogen) atoms. The van der Waals surface area contributed by atoms with Crippen LogP contribution in [0.2, 0.25) is 0 Å². The van der Waals surface area contributed by atoms with E-state index in [2.05, 4.69) is 387 Å². The monoisotopic (exact) mass is 1410 g/mol. The van der Waals surface area contributed by atoms with Gasteiger partial charge in [-0.05, 0) is 177 Å². The fourth-order valence-corrected chi connectivity index (χ4v) is 18.8. The van der Waals surface area contributed by atoms with Crippen molar-refractivity contribution in [1.82, 2.24) is 4.57 Å². The van der Waals surface area contributed by atoms with Crippen molar-refractivity contribution in [2.24, 2.45) is 0 Å². The molecule has 21 aromatic rings. The van der Waals surface area contributed by atoms with Crippen LogP contribution in [-0.2, 0) is 10.8 Å². The number of fused-ring (bicyclic) bond motifs is 23. The Hall–Kier alpha value is -14.1. The highest BCUT2D eigenvalue weighted by Crippen LogP contribution is 2.59. The number of anilines is 9. The summed E-state index contributed by atoms with van der Waals surface area (Å²) in [4.78, 5) is 7.20. The number of para-hydroxylation sites is 8. The van der Waals surface area contributed by atoms with Crippen LogP contribution in [0, 0.1) is 0 Å². The van der Waals surface area contributed by atoms with E-state index in [0.717, 1.165) is 178 Å². The third-order valence-corrected chi connectivity index (χ3v) is 23.9. The van der Waals surface area contributed by atoms with Gasteiger partial charge < -0.3 is 36.9 Å². The summed E-state index contributed by atoms with van der Waals surface area (Å²) < 4.78 is 32.3. The van der Waals surface area contributed by atoms with Crippen LogP contribution in [0.1, 0.15) is 49.9 Å². The predicted molar refractivity (Wildman–Crippen MR) is 455 cm³/mol. The summed E-state index contributed by atoms with van der Waals surface area (Å²) in [6.45, 7) is 9.44. The van der Waals surface area contributed by atoms with Gasteiger partial charge in [-0.25, -0.2) is 0 Å². The molecule has 0 unspecified atom stereocenters. The molecule has 5 aromatic heterocycles. The molecule has 0 spiro atoms. The first kappa shape index (κ1) is 62.2. The molecule has 2 aliphatic rings. The average Bonchev–Trinajstić information content (AvgIpc) is 1.52. The molecule has 8 nitrogen and oxygen atoms in total. The molecule has 0 fully saturated rings. The predicted octanol–water partition coefficient (Wildman–Crippen LogP) is 29.1. The molecule has 0 amide bonds. The summed E-state index contributed by atoms with van der Waals surface area (Å²) in [6, 6.07) is 123. The standard InChI is InChI=1S/C102H68N4O4/c1-101(2)79-37-17-11-29-69(79)71-55-53-67(57-81(71)101)105(83-39-23-35-75-73-31-13-19-41-89(73)107-97(75)83)85-59-87-95(99-93(85)77-33-15-21-43-91(77)109-99)96-88(104(87)66-51-47-62(48-52-66)61-45-49-65(50-46-61)103(63-25-7-5-8-26-63)64-27-9-6-10-28-64)60-86(94-78-34-16-22-44-92(78)110-100(94)96)106(84-40-24-36-76-74-32-14-20-42-90(74)108-98(76)84)68-54-56-72-70-30-12-18-38-80(70)102(3,4)82(72)58-68/h5-60H,1-4H3. The van der Waals surface area contributed by atoms with Crippen LogP contribution in [0.3, 0.4) is 0 Å². The maximum Gasteiger partial charge on any atom is 0.159 e. The number of hydrogen-bond acceptors (Lipinski definition) is 7. The molecule has 0 saturated heterocycles. The Labute approximate surface area is 633 Å². The van der Waals surface area contributed by atoms with Gasteiger partial charge >= 0.3 is 0 Å². The molecule has 0 aliphatic heterocycles. The van der Waals surface area contributed by atoms with Crippen molar-refractivity contribution < 1.29 is 17.7 Å². The highest BCUT2D eigenvalue weighted by molar-refractivity contribution is 6.35. The molecule has 0 bridgehead atoms. The number of rotatable bonds is 11. The van der Waals surface area contributed by atoms with Crippen LogP contribution < -0.4 is 14.7 Å². The molecule has 0 atom stereocenters. The molecule has 8 heteroatoms. The Kier molecular flexibility index (Phi) is 13.1. The van der Waals surface area contributed by atoms with Crippen LogP contribution in [0.25, 0.3) is 149 Å². The van der Waals surface area contributed by atoms with E-state index in [1.807, 2.05) is 0 Å². The zero-order valence-corrected chi connectivity index (χ0v) is 60.8. The van der Waals surface area contributed by atoms with Crippen LogP contribution >= 0.6 is 0 Å². The molecular formula is C102H68N4O4. The van der Waals surface area contributed by atoms with Crippen LogP contribution in [0.15, 0.2) is 357 Å². The van der Waals surface area contributed by atoms with Gasteiger partial charge in [0.15, 0.2) is 11.2 Å². The van der Waals surface area contributed by atoms with E-state index in [0.29, 0.717) is 0 Å². The molecule has 5 heterocycles. The van der Waals surface area contributed by atoms with Crippen LogP contribution in [0.5, 0.6) is 0 Å². The summed E-state index contributed by atoms with van der Waals surface area (Å²) in [5, 5.41) is 9.85. The number of nitrogens with zero attached hydrogens (tertiary/aromatic N) is 4.